The van der Waals surface area contributed by atoms with Crippen LogP contribution in [0.2, 0.25) is 0 Å². The highest BCUT2D eigenvalue weighted by atomic mass is 79.9. The van der Waals surface area contributed by atoms with Gasteiger partial charge >= 0.3 is 5.97 Å². The normalized spacial score (nSPS) is 10.2. The summed E-state index contributed by atoms with van der Waals surface area (Å²) in [4.78, 5) is 24.3. The van der Waals surface area contributed by atoms with E-state index in [-0.39, 0.29) is 12.5 Å². The van der Waals surface area contributed by atoms with E-state index in [2.05, 4.69) is 31.9 Å². The van der Waals surface area contributed by atoms with Crippen molar-refractivity contribution < 1.29 is 14.7 Å². The standard InChI is InChI=1S/C12H13Br2NO3/c1-2-5-15(7-11(16)17)12(18)9-6-8(13)3-4-10(9)14/h3-4,6H,2,5,7H2,1H3,(H,16,17). The minimum absolute atomic E-state index is 0.285. The summed E-state index contributed by atoms with van der Waals surface area (Å²) in [5.41, 5.74) is 0.457. The van der Waals surface area contributed by atoms with Gasteiger partial charge in [-0.2, -0.15) is 0 Å². The molecule has 0 aliphatic carbocycles. The lowest BCUT2D eigenvalue weighted by Gasteiger charge is -2.20. The highest BCUT2D eigenvalue weighted by molar-refractivity contribution is 9.11. The van der Waals surface area contributed by atoms with Gasteiger partial charge in [0.25, 0.3) is 5.91 Å². The fraction of sp³-hybridized carbons (Fsp3) is 0.333. The maximum absolute atomic E-state index is 12.3. The second-order valence-electron chi connectivity index (χ2n) is 3.74. The molecule has 0 aromatic heterocycles. The van der Waals surface area contributed by atoms with Crippen LogP contribution in [0.4, 0.5) is 0 Å². The van der Waals surface area contributed by atoms with E-state index in [1.54, 1.807) is 12.1 Å². The molecule has 0 bridgehead atoms. The van der Waals surface area contributed by atoms with Gasteiger partial charge in [-0.3, -0.25) is 9.59 Å². The highest BCUT2D eigenvalue weighted by Crippen LogP contribution is 2.23. The van der Waals surface area contributed by atoms with Gasteiger partial charge in [-0.05, 0) is 40.5 Å². The van der Waals surface area contributed by atoms with Crippen LogP contribution in [0.25, 0.3) is 0 Å². The Labute approximate surface area is 122 Å². The lowest BCUT2D eigenvalue weighted by molar-refractivity contribution is -0.137. The number of hydrogen-bond acceptors (Lipinski definition) is 2. The first-order valence-corrected chi connectivity index (χ1v) is 7.00. The fourth-order valence-electron chi connectivity index (χ4n) is 1.52. The molecule has 98 valence electrons. The second-order valence-corrected chi connectivity index (χ2v) is 5.51. The number of benzene rings is 1. The Kier molecular flexibility index (Phi) is 5.81. The van der Waals surface area contributed by atoms with E-state index in [9.17, 15) is 9.59 Å². The summed E-state index contributed by atoms with van der Waals surface area (Å²) in [5.74, 6) is -1.30. The fourth-order valence-corrected chi connectivity index (χ4v) is 2.29. The predicted octanol–water partition coefficient (Wildman–Crippen LogP) is 3.15. The minimum Gasteiger partial charge on any atom is -0.480 e. The van der Waals surface area contributed by atoms with Gasteiger partial charge in [0, 0.05) is 15.5 Å². The number of aliphatic carboxylic acids is 1. The Balaban J connectivity index is 3.01. The van der Waals surface area contributed by atoms with Crippen molar-refractivity contribution in [1.82, 2.24) is 4.90 Å². The van der Waals surface area contributed by atoms with Crippen LogP contribution in [-0.2, 0) is 4.79 Å². The van der Waals surface area contributed by atoms with Crippen LogP contribution >= 0.6 is 31.9 Å². The number of halogens is 2. The molecule has 0 unspecified atom stereocenters. The van der Waals surface area contributed by atoms with Crippen molar-refractivity contribution in [1.29, 1.82) is 0 Å². The molecule has 4 nitrogen and oxygen atoms in total. The van der Waals surface area contributed by atoms with Gasteiger partial charge in [0.1, 0.15) is 6.54 Å². The van der Waals surface area contributed by atoms with Crippen LogP contribution in [0.3, 0.4) is 0 Å². The third-order valence-corrected chi connectivity index (χ3v) is 3.45. The van der Waals surface area contributed by atoms with Gasteiger partial charge < -0.3 is 10.0 Å². The molecule has 0 aliphatic rings. The number of carbonyl (C=O) groups is 2. The van der Waals surface area contributed by atoms with Crippen molar-refractivity contribution in [3.8, 4) is 0 Å². The Bertz CT molecular complexity index is 463. The van der Waals surface area contributed by atoms with Crippen LogP contribution < -0.4 is 0 Å². The molecular weight excluding hydrogens is 366 g/mol. The number of carboxylic acid groups (broad SMARTS) is 1. The van der Waals surface area contributed by atoms with E-state index in [0.717, 1.165) is 4.47 Å². The first kappa shape index (κ1) is 15.2. The zero-order valence-electron chi connectivity index (χ0n) is 9.82. The number of carbonyl (C=O) groups excluding carboxylic acids is 1. The van der Waals surface area contributed by atoms with Crippen LogP contribution in [0.1, 0.15) is 23.7 Å². The van der Waals surface area contributed by atoms with Gasteiger partial charge in [-0.15, -0.1) is 0 Å². The molecule has 0 saturated carbocycles. The lowest BCUT2D eigenvalue weighted by atomic mass is 10.2. The number of nitrogens with zero attached hydrogens (tertiary/aromatic N) is 1. The molecule has 0 spiro atoms. The zero-order valence-corrected chi connectivity index (χ0v) is 13.0. The molecule has 1 aromatic carbocycles. The van der Waals surface area contributed by atoms with Crippen molar-refractivity contribution in [2.75, 3.05) is 13.1 Å². The van der Waals surface area contributed by atoms with Gasteiger partial charge in [0.15, 0.2) is 0 Å². The predicted molar refractivity (Wildman–Crippen MR) is 75.7 cm³/mol. The molecular formula is C12H13Br2NO3. The Hall–Kier alpha value is -0.880. The monoisotopic (exact) mass is 377 g/mol. The molecule has 1 N–H and O–H groups in total. The maximum Gasteiger partial charge on any atom is 0.323 e. The first-order valence-electron chi connectivity index (χ1n) is 5.41. The van der Waals surface area contributed by atoms with Gasteiger partial charge in [-0.1, -0.05) is 22.9 Å². The molecule has 0 saturated heterocycles. The zero-order chi connectivity index (χ0) is 13.7. The summed E-state index contributed by atoms with van der Waals surface area (Å²) in [7, 11) is 0. The molecule has 6 heteroatoms. The van der Waals surface area contributed by atoms with Crippen molar-refractivity contribution in [2.24, 2.45) is 0 Å². The Morgan fingerprint density at radius 3 is 2.56 bits per heavy atom. The van der Waals surface area contributed by atoms with E-state index >= 15 is 0 Å². The van der Waals surface area contributed by atoms with Gasteiger partial charge in [-0.25, -0.2) is 0 Å². The van der Waals surface area contributed by atoms with Crippen LogP contribution in [-0.4, -0.2) is 35.0 Å². The molecule has 0 fully saturated rings. The summed E-state index contributed by atoms with van der Waals surface area (Å²) < 4.78 is 1.43. The quantitative estimate of drug-likeness (QED) is 0.856. The molecule has 0 radical (unpaired) electrons. The van der Waals surface area contributed by atoms with E-state index in [1.807, 2.05) is 13.0 Å². The highest BCUT2D eigenvalue weighted by Gasteiger charge is 2.20. The number of rotatable bonds is 5. The van der Waals surface area contributed by atoms with E-state index in [1.165, 1.54) is 4.90 Å². The van der Waals surface area contributed by atoms with E-state index in [4.69, 9.17) is 5.11 Å². The smallest absolute Gasteiger partial charge is 0.323 e. The molecule has 1 aromatic rings. The summed E-state index contributed by atoms with van der Waals surface area (Å²) in [6, 6.07) is 5.24. The average Bonchev–Trinajstić information content (AvgIpc) is 2.30. The number of hydrogen-bond donors (Lipinski definition) is 1. The lowest BCUT2D eigenvalue weighted by Crippen LogP contribution is -2.36. The topological polar surface area (TPSA) is 57.6 Å². The third kappa shape index (κ3) is 4.10. The van der Waals surface area contributed by atoms with Crippen LogP contribution in [0.5, 0.6) is 0 Å². The van der Waals surface area contributed by atoms with Gasteiger partial charge in [0.05, 0.1) is 5.56 Å². The SMILES string of the molecule is CCCN(CC(=O)O)C(=O)c1cc(Br)ccc1Br. The molecule has 0 aliphatic heterocycles. The van der Waals surface area contributed by atoms with Crippen LogP contribution in [0.15, 0.2) is 27.1 Å². The third-order valence-electron chi connectivity index (χ3n) is 2.27. The van der Waals surface area contributed by atoms with Crippen molar-refractivity contribution in [2.45, 2.75) is 13.3 Å². The largest absolute Gasteiger partial charge is 0.480 e. The minimum atomic E-state index is -1.01. The average molecular weight is 379 g/mol. The number of carboxylic acids is 1. The molecule has 1 amide bonds. The summed E-state index contributed by atoms with van der Waals surface area (Å²) in [6.45, 7) is 2.04. The molecule has 18 heavy (non-hydrogen) atoms. The van der Waals surface area contributed by atoms with E-state index in [0.29, 0.717) is 23.0 Å². The molecule has 1 rings (SSSR count). The van der Waals surface area contributed by atoms with Crippen LogP contribution in [0, 0.1) is 0 Å². The van der Waals surface area contributed by atoms with Crippen molar-refractivity contribution in [3.63, 3.8) is 0 Å². The Morgan fingerprint density at radius 2 is 2.00 bits per heavy atom. The van der Waals surface area contributed by atoms with Crippen molar-refractivity contribution >= 4 is 43.7 Å². The number of amides is 1. The summed E-state index contributed by atoms with van der Waals surface area (Å²) >= 11 is 6.60. The Morgan fingerprint density at radius 1 is 1.33 bits per heavy atom. The van der Waals surface area contributed by atoms with Gasteiger partial charge in [0.2, 0.25) is 0 Å². The summed E-state index contributed by atoms with van der Waals surface area (Å²) in [6.07, 6.45) is 0.713. The molecule has 0 atom stereocenters. The molecule has 0 heterocycles. The first-order chi connectivity index (χ1) is 8.45. The van der Waals surface area contributed by atoms with Crippen molar-refractivity contribution in [3.05, 3.63) is 32.7 Å². The van der Waals surface area contributed by atoms with E-state index < -0.39 is 5.97 Å². The second kappa shape index (κ2) is 6.89. The maximum atomic E-state index is 12.3. The summed E-state index contributed by atoms with van der Waals surface area (Å²) in [5, 5.41) is 8.82.